The molecule has 1 fully saturated rings. The molecular weight excluding hydrogens is 246 g/mol. The highest BCUT2D eigenvalue weighted by atomic mass is 16.6. The minimum atomic E-state index is -0.503. The molecular formula is C14H21NO4. The number of ether oxygens (including phenoxy) is 1. The lowest BCUT2D eigenvalue weighted by molar-refractivity contribution is -0.505. The van der Waals surface area contributed by atoms with Gasteiger partial charge >= 0.3 is 5.97 Å². The molecule has 0 amide bonds. The number of esters is 1. The molecule has 0 unspecified atom stereocenters. The molecule has 0 bridgehead atoms. The van der Waals surface area contributed by atoms with Crippen LogP contribution in [0.5, 0.6) is 0 Å². The number of fused-ring (bicyclic) bond motifs is 1. The van der Waals surface area contributed by atoms with Gasteiger partial charge in [0.25, 0.3) is 0 Å². The first-order valence-corrected chi connectivity index (χ1v) is 6.97. The summed E-state index contributed by atoms with van der Waals surface area (Å²) in [5.41, 5.74) is 0.876. The maximum atomic E-state index is 11.7. The van der Waals surface area contributed by atoms with Gasteiger partial charge in [0.05, 0.1) is 18.4 Å². The Bertz CT molecular complexity index is 418. The lowest BCUT2D eigenvalue weighted by Crippen LogP contribution is -2.51. The lowest BCUT2D eigenvalue weighted by atomic mass is 9.53. The Morgan fingerprint density at radius 3 is 2.89 bits per heavy atom. The van der Waals surface area contributed by atoms with Gasteiger partial charge in [-0.25, -0.2) is 0 Å². The van der Waals surface area contributed by atoms with Crippen molar-refractivity contribution >= 4 is 5.97 Å². The van der Waals surface area contributed by atoms with Crippen LogP contribution in [-0.2, 0) is 9.53 Å². The molecule has 0 heterocycles. The van der Waals surface area contributed by atoms with Crippen molar-refractivity contribution in [2.45, 2.75) is 39.5 Å². The molecule has 106 valence electrons. The molecule has 2 rings (SSSR count). The number of allylic oxidation sites excluding steroid dienone is 2. The van der Waals surface area contributed by atoms with Gasteiger partial charge in [0.1, 0.15) is 0 Å². The van der Waals surface area contributed by atoms with Gasteiger partial charge in [-0.1, -0.05) is 18.6 Å². The van der Waals surface area contributed by atoms with E-state index < -0.39 is 5.41 Å². The van der Waals surface area contributed by atoms with Crippen LogP contribution in [0.2, 0.25) is 0 Å². The maximum Gasteiger partial charge on any atom is 0.306 e. The van der Waals surface area contributed by atoms with Gasteiger partial charge in [0, 0.05) is 4.92 Å². The number of carbonyl (C=O) groups is 1. The van der Waals surface area contributed by atoms with Crippen LogP contribution in [0.1, 0.15) is 39.5 Å². The predicted molar refractivity (Wildman–Crippen MR) is 70.1 cm³/mol. The molecule has 5 heteroatoms. The van der Waals surface area contributed by atoms with Crippen LogP contribution in [0.3, 0.4) is 0 Å². The van der Waals surface area contributed by atoms with E-state index in [0.29, 0.717) is 12.5 Å². The summed E-state index contributed by atoms with van der Waals surface area (Å²) in [6.07, 6.45) is 5.18. The molecule has 0 aromatic carbocycles. The zero-order valence-corrected chi connectivity index (χ0v) is 11.6. The largest absolute Gasteiger partial charge is 0.466 e. The van der Waals surface area contributed by atoms with Crippen LogP contribution in [0, 0.1) is 27.4 Å². The summed E-state index contributed by atoms with van der Waals surface area (Å²) >= 11 is 0. The van der Waals surface area contributed by atoms with Gasteiger partial charge in [-0.15, -0.1) is 0 Å². The van der Waals surface area contributed by atoms with E-state index in [4.69, 9.17) is 4.74 Å². The molecule has 5 nitrogen and oxygen atoms in total. The van der Waals surface area contributed by atoms with Gasteiger partial charge in [0.2, 0.25) is 6.54 Å². The molecule has 0 aromatic heterocycles. The van der Waals surface area contributed by atoms with Crippen LogP contribution in [0.15, 0.2) is 11.6 Å². The molecule has 0 N–H and O–H groups in total. The predicted octanol–water partition coefficient (Wildman–Crippen LogP) is 2.58. The van der Waals surface area contributed by atoms with Crippen molar-refractivity contribution in [2.24, 2.45) is 17.3 Å². The average Bonchev–Trinajstić information content (AvgIpc) is 2.66. The summed E-state index contributed by atoms with van der Waals surface area (Å²) in [6, 6.07) is 0. The fourth-order valence-corrected chi connectivity index (χ4v) is 3.73. The van der Waals surface area contributed by atoms with Crippen molar-refractivity contribution in [3.8, 4) is 0 Å². The first-order chi connectivity index (χ1) is 9.00. The number of carbonyl (C=O) groups excluding carboxylic acids is 1. The van der Waals surface area contributed by atoms with E-state index in [9.17, 15) is 14.9 Å². The van der Waals surface area contributed by atoms with E-state index >= 15 is 0 Å². The Morgan fingerprint density at radius 2 is 2.32 bits per heavy atom. The van der Waals surface area contributed by atoms with Gasteiger partial charge in [-0.05, 0) is 38.0 Å². The van der Waals surface area contributed by atoms with Crippen LogP contribution in [0.25, 0.3) is 0 Å². The number of nitrogens with zero attached hydrogens (tertiary/aromatic N) is 1. The Kier molecular flexibility index (Phi) is 3.92. The SMILES string of the molecule is CCOC(=O)C[C@@]1(C[N+](=O)[O-])C[C@@H]2CC(CC)=C[C@@H]21. The van der Waals surface area contributed by atoms with Gasteiger partial charge < -0.3 is 4.74 Å². The first-order valence-electron chi connectivity index (χ1n) is 6.97. The highest BCUT2D eigenvalue weighted by molar-refractivity contribution is 5.70. The summed E-state index contributed by atoms with van der Waals surface area (Å²) in [7, 11) is 0. The molecule has 2 aliphatic carbocycles. The second-order valence-electron chi connectivity index (χ2n) is 5.71. The second-order valence-corrected chi connectivity index (χ2v) is 5.71. The topological polar surface area (TPSA) is 69.4 Å². The Morgan fingerprint density at radius 1 is 1.58 bits per heavy atom. The summed E-state index contributed by atoms with van der Waals surface area (Å²) < 4.78 is 4.97. The third-order valence-electron chi connectivity index (χ3n) is 4.52. The normalized spacial score (nSPS) is 32.2. The van der Waals surface area contributed by atoms with Gasteiger partial charge in [-0.2, -0.15) is 0 Å². The fourth-order valence-electron chi connectivity index (χ4n) is 3.73. The molecule has 1 saturated carbocycles. The van der Waals surface area contributed by atoms with E-state index in [1.54, 1.807) is 6.92 Å². The molecule has 0 aliphatic heterocycles. The maximum absolute atomic E-state index is 11.7. The van der Waals surface area contributed by atoms with E-state index in [1.165, 1.54) is 5.57 Å². The van der Waals surface area contributed by atoms with Crippen LogP contribution in [0.4, 0.5) is 0 Å². The van der Waals surface area contributed by atoms with Crippen molar-refractivity contribution in [3.05, 3.63) is 21.8 Å². The standard InChI is InChI=1S/C14H21NO4/c1-3-10-5-11-7-14(9-15(17)18,12(11)6-10)8-13(16)19-4-2/h6,11-12H,3-5,7-9H2,1-2H3/t11-,12-,14+/m0/s1. The first kappa shape index (κ1) is 14.0. The third-order valence-corrected chi connectivity index (χ3v) is 4.52. The van der Waals surface area contributed by atoms with Gasteiger partial charge in [-0.3, -0.25) is 14.9 Å². The molecule has 0 spiro atoms. The Labute approximate surface area is 113 Å². The van der Waals surface area contributed by atoms with Crippen LogP contribution >= 0.6 is 0 Å². The number of rotatable bonds is 6. The average molecular weight is 267 g/mol. The minimum absolute atomic E-state index is 0.125. The monoisotopic (exact) mass is 267 g/mol. The molecule has 0 radical (unpaired) electrons. The van der Waals surface area contributed by atoms with Crippen molar-refractivity contribution in [1.29, 1.82) is 0 Å². The van der Waals surface area contributed by atoms with Crippen molar-refractivity contribution < 1.29 is 14.5 Å². The smallest absolute Gasteiger partial charge is 0.306 e. The number of hydrogen-bond donors (Lipinski definition) is 0. The van der Waals surface area contributed by atoms with E-state index in [2.05, 4.69) is 13.0 Å². The number of hydrogen-bond acceptors (Lipinski definition) is 4. The third kappa shape index (κ3) is 2.65. The summed E-state index contributed by atoms with van der Waals surface area (Å²) in [5.74, 6) is 0.391. The Hall–Kier alpha value is -1.39. The quantitative estimate of drug-likeness (QED) is 0.321. The highest BCUT2D eigenvalue weighted by Gasteiger charge is 2.58. The highest BCUT2D eigenvalue weighted by Crippen LogP contribution is 2.60. The molecule has 0 saturated heterocycles. The van der Waals surface area contributed by atoms with Crippen molar-refractivity contribution in [3.63, 3.8) is 0 Å². The van der Waals surface area contributed by atoms with Crippen molar-refractivity contribution in [2.75, 3.05) is 13.2 Å². The van der Waals surface area contributed by atoms with Crippen LogP contribution in [-0.4, -0.2) is 24.0 Å². The van der Waals surface area contributed by atoms with E-state index in [1.807, 2.05) is 0 Å². The molecule has 3 atom stereocenters. The van der Waals surface area contributed by atoms with E-state index in [-0.39, 0.29) is 29.8 Å². The summed E-state index contributed by atoms with van der Waals surface area (Å²) in [4.78, 5) is 22.3. The second kappa shape index (κ2) is 5.31. The zero-order valence-electron chi connectivity index (χ0n) is 11.6. The summed E-state index contributed by atoms with van der Waals surface area (Å²) in [6.45, 7) is 4.07. The Balaban J connectivity index is 2.12. The molecule has 2 aliphatic rings. The van der Waals surface area contributed by atoms with Crippen LogP contribution < -0.4 is 0 Å². The van der Waals surface area contributed by atoms with Gasteiger partial charge in [0.15, 0.2) is 0 Å². The van der Waals surface area contributed by atoms with E-state index in [0.717, 1.165) is 19.3 Å². The summed E-state index contributed by atoms with van der Waals surface area (Å²) in [5, 5.41) is 10.9. The fraction of sp³-hybridized carbons (Fsp3) is 0.786. The minimum Gasteiger partial charge on any atom is -0.466 e. The molecule has 0 aromatic rings. The molecule has 19 heavy (non-hydrogen) atoms. The zero-order chi connectivity index (χ0) is 14.0. The number of nitro groups is 1. The van der Waals surface area contributed by atoms with Crippen molar-refractivity contribution in [1.82, 2.24) is 0 Å². The lowest BCUT2D eigenvalue weighted by Gasteiger charge is -2.49.